The molecule has 1 aliphatic rings. The minimum absolute atomic E-state index is 0.0665. The summed E-state index contributed by atoms with van der Waals surface area (Å²) in [5.74, 6) is 0.243. The summed E-state index contributed by atoms with van der Waals surface area (Å²) in [7, 11) is 1.69. The van der Waals surface area contributed by atoms with Gasteiger partial charge in [-0.15, -0.1) is 0 Å². The molecule has 18 heavy (non-hydrogen) atoms. The first-order valence-corrected chi connectivity index (χ1v) is 6.13. The molecular weight excluding hydrogens is 224 g/mol. The minimum Gasteiger partial charge on any atom is -0.374 e. The van der Waals surface area contributed by atoms with E-state index in [9.17, 15) is 4.79 Å². The fraction of sp³-hybridized carbons (Fsp3) is 0.312. The first-order chi connectivity index (χ1) is 8.57. The Morgan fingerprint density at radius 3 is 2.50 bits per heavy atom. The predicted molar refractivity (Wildman–Crippen MR) is 72.6 cm³/mol. The third-order valence-corrected chi connectivity index (χ3v) is 3.67. The fourth-order valence-electron chi connectivity index (χ4n) is 2.06. The van der Waals surface area contributed by atoms with Crippen LogP contribution in [0.1, 0.15) is 24.2 Å². The SMILES string of the molecule is COC1(C)C=CC(C(=O)c2ccccc2)=CC1C. The Hall–Kier alpha value is -1.67. The summed E-state index contributed by atoms with van der Waals surface area (Å²) in [6, 6.07) is 9.34. The van der Waals surface area contributed by atoms with Gasteiger partial charge in [-0.1, -0.05) is 55.5 Å². The molecule has 0 N–H and O–H groups in total. The molecule has 0 saturated heterocycles. The van der Waals surface area contributed by atoms with E-state index in [0.717, 1.165) is 11.1 Å². The molecule has 1 aliphatic carbocycles. The molecule has 0 fully saturated rings. The Morgan fingerprint density at radius 1 is 1.28 bits per heavy atom. The number of rotatable bonds is 3. The van der Waals surface area contributed by atoms with E-state index < -0.39 is 0 Å². The van der Waals surface area contributed by atoms with E-state index in [4.69, 9.17) is 4.74 Å². The molecule has 2 nitrogen and oxygen atoms in total. The first kappa shape index (κ1) is 12.8. The first-order valence-electron chi connectivity index (χ1n) is 6.13. The van der Waals surface area contributed by atoms with Gasteiger partial charge in [0.05, 0.1) is 5.60 Å². The third-order valence-electron chi connectivity index (χ3n) is 3.67. The van der Waals surface area contributed by atoms with Crippen LogP contribution in [0.15, 0.2) is 54.1 Å². The topological polar surface area (TPSA) is 26.3 Å². The summed E-state index contributed by atoms with van der Waals surface area (Å²) >= 11 is 0. The van der Waals surface area contributed by atoms with E-state index >= 15 is 0 Å². The van der Waals surface area contributed by atoms with Crippen molar-refractivity contribution in [3.63, 3.8) is 0 Å². The standard InChI is InChI=1S/C16H18O2/c1-12-11-14(9-10-16(12,2)18-3)15(17)13-7-5-4-6-8-13/h4-12H,1-3H3. The van der Waals surface area contributed by atoms with Crippen molar-refractivity contribution in [3.05, 3.63) is 59.7 Å². The zero-order valence-electron chi connectivity index (χ0n) is 11.0. The van der Waals surface area contributed by atoms with Crippen molar-refractivity contribution < 1.29 is 9.53 Å². The van der Waals surface area contributed by atoms with Gasteiger partial charge in [0, 0.05) is 24.2 Å². The molecule has 0 aliphatic heterocycles. The Kier molecular flexibility index (Phi) is 3.48. The highest BCUT2D eigenvalue weighted by Crippen LogP contribution is 2.30. The molecule has 2 heteroatoms. The highest BCUT2D eigenvalue weighted by molar-refractivity contribution is 6.10. The van der Waals surface area contributed by atoms with Crippen LogP contribution in [0.5, 0.6) is 0 Å². The van der Waals surface area contributed by atoms with Gasteiger partial charge in [-0.2, -0.15) is 0 Å². The van der Waals surface area contributed by atoms with Gasteiger partial charge in [-0.05, 0) is 6.92 Å². The average Bonchev–Trinajstić information content (AvgIpc) is 2.42. The minimum atomic E-state index is -0.319. The molecular formula is C16H18O2. The molecule has 2 atom stereocenters. The molecule has 1 aromatic rings. The zero-order chi connectivity index (χ0) is 13.2. The molecule has 94 valence electrons. The number of carbonyl (C=O) groups is 1. The second-order valence-electron chi connectivity index (χ2n) is 4.83. The largest absolute Gasteiger partial charge is 0.374 e. The molecule has 0 amide bonds. The number of allylic oxidation sites excluding steroid dienone is 2. The zero-order valence-corrected chi connectivity index (χ0v) is 11.0. The highest BCUT2D eigenvalue weighted by atomic mass is 16.5. The van der Waals surface area contributed by atoms with Gasteiger partial charge < -0.3 is 4.74 Å². The number of hydrogen-bond acceptors (Lipinski definition) is 2. The van der Waals surface area contributed by atoms with Gasteiger partial charge in [0.2, 0.25) is 0 Å². The summed E-state index contributed by atoms with van der Waals surface area (Å²) in [5.41, 5.74) is 1.14. The number of benzene rings is 1. The number of hydrogen-bond donors (Lipinski definition) is 0. The van der Waals surface area contributed by atoms with Crippen LogP contribution in [0.3, 0.4) is 0 Å². The monoisotopic (exact) mass is 242 g/mol. The smallest absolute Gasteiger partial charge is 0.192 e. The van der Waals surface area contributed by atoms with E-state index in [1.165, 1.54) is 0 Å². The maximum Gasteiger partial charge on any atom is 0.192 e. The van der Waals surface area contributed by atoms with Crippen molar-refractivity contribution in [1.82, 2.24) is 0 Å². The lowest BCUT2D eigenvalue weighted by molar-refractivity contribution is 0.0178. The average molecular weight is 242 g/mol. The molecule has 0 aromatic heterocycles. The van der Waals surface area contributed by atoms with E-state index in [-0.39, 0.29) is 17.3 Å². The normalized spacial score (nSPS) is 26.8. The van der Waals surface area contributed by atoms with Crippen LogP contribution in [-0.2, 0) is 4.74 Å². The van der Waals surface area contributed by atoms with Crippen LogP contribution < -0.4 is 0 Å². The van der Waals surface area contributed by atoms with Crippen molar-refractivity contribution in [1.29, 1.82) is 0 Å². The molecule has 0 spiro atoms. The summed E-state index contributed by atoms with van der Waals surface area (Å²) in [6.45, 7) is 4.08. The molecule has 0 bridgehead atoms. The lowest BCUT2D eigenvalue weighted by atomic mass is 9.82. The van der Waals surface area contributed by atoms with Gasteiger partial charge >= 0.3 is 0 Å². The molecule has 0 heterocycles. The van der Waals surface area contributed by atoms with E-state index in [2.05, 4.69) is 6.92 Å². The number of Topliss-reactive ketones (excluding diaryl/α,β-unsaturated/α-hetero) is 1. The van der Waals surface area contributed by atoms with Crippen LogP contribution >= 0.6 is 0 Å². The number of methoxy groups -OCH3 is 1. The van der Waals surface area contributed by atoms with Crippen LogP contribution in [0.25, 0.3) is 0 Å². The second-order valence-corrected chi connectivity index (χ2v) is 4.83. The van der Waals surface area contributed by atoms with Crippen molar-refractivity contribution >= 4 is 5.78 Å². The van der Waals surface area contributed by atoms with Crippen LogP contribution in [0.2, 0.25) is 0 Å². The molecule has 0 radical (unpaired) electrons. The number of carbonyl (C=O) groups excluding carboxylic acids is 1. The summed E-state index contributed by atoms with van der Waals surface area (Å²) < 4.78 is 5.48. The third kappa shape index (κ3) is 2.29. The maximum absolute atomic E-state index is 12.3. The van der Waals surface area contributed by atoms with Gasteiger partial charge in [0.1, 0.15) is 0 Å². The lowest BCUT2D eigenvalue weighted by Gasteiger charge is -2.32. The number of ether oxygens (including phenoxy) is 1. The van der Waals surface area contributed by atoms with Crippen LogP contribution in [0, 0.1) is 5.92 Å². The Morgan fingerprint density at radius 2 is 1.94 bits per heavy atom. The van der Waals surface area contributed by atoms with Crippen molar-refractivity contribution in [3.8, 4) is 0 Å². The number of ketones is 1. The van der Waals surface area contributed by atoms with Crippen molar-refractivity contribution in [2.75, 3.05) is 7.11 Å². The molecule has 1 aromatic carbocycles. The lowest BCUT2D eigenvalue weighted by Crippen LogP contribution is -2.34. The fourth-order valence-corrected chi connectivity index (χ4v) is 2.06. The summed E-state index contributed by atoms with van der Waals surface area (Å²) in [5, 5.41) is 0. The van der Waals surface area contributed by atoms with Crippen molar-refractivity contribution in [2.45, 2.75) is 19.4 Å². The Bertz CT molecular complexity index is 499. The van der Waals surface area contributed by atoms with Gasteiger partial charge in [-0.25, -0.2) is 0 Å². The van der Waals surface area contributed by atoms with E-state index in [1.54, 1.807) is 7.11 Å². The summed E-state index contributed by atoms with van der Waals surface area (Å²) in [6.07, 6.45) is 5.81. The molecule has 0 saturated carbocycles. The van der Waals surface area contributed by atoms with Gasteiger partial charge in [0.15, 0.2) is 5.78 Å². The van der Waals surface area contributed by atoms with Crippen LogP contribution in [-0.4, -0.2) is 18.5 Å². The van der Waals surface area contributed by atoms with E-state index in [0.29, 0.717) is 0 Å². The van der Waals surface area contributed by atoms with Gasteiger partial charge in [-0.3, -0.25) is 4.79 Å². The second kappa shape index (κ2) is 4.91. The highest BCUT2D eigenvalue weighted by Gasteiger charge is 2.30. The van der Waals surface area contributed by atoms with E-state index in [1.807, 2.05) is 55.5 Å². The Labute approximate surface area is 108 Å². The predicted octanol–water partition coefficient (Wildman–Crippen LogP) is 3.41. The van der Waals surface area contributed by atoms with Crippen LogP contribution in [0.4, 0.5) is 0 Å². The Balaban J connectivity index is 2.25. The van der Waals surface area contributed by atoms with Gasteiger partial charge in [0.25, 0.3) is 0 Å². The molecule has 2 unspecified atom stereocenters. The quantitative estimate of drug-likeness (QED) is 0.759. The molecule has 2 rings (SSSR count). The summed E-state index contributed by atoms with van der Waals surface area (Å²) in [4.78, 5) is 12.3. The van der Waals surface area contributed by atoms with Crippen molar-refractivity contribution in [2.24, 2.45) is 5.92 Å². The maximum atomic E-state index is 12.3.